The highest BCUT2D eigenvalue weighted by molar-refractivity contribution is 7.92. The molecule has 1 fully saturated rings. The van der Waals surface area contributed by atoms with Gasteiger partial charge in [0, 0.05) is 25.7 Å². The van der Waals surface area contributed by atoms with Crippen LogP contribution in [0.2, 0.25) is 0 Å². The van der Waals surface area contributed by atoms with E-state index in [0.29, 0.717) is 18.8 Å². The van der Waals surface area contributed by atoms with E-state index in [9.17, 15) is 21.6 Å². The maximum Gasteiger partial charge on any atom is 0.262 e. The highest BCUT2D eigenvalue weighted by atomic mass is 32.2. The molecule has 11 heteroatoms. The second-order valence-electron chi connectivity index (χ2n) is 8.10. The van der Waals surface area contributed by atoms with E-state index >= 15 is 0 Å². The van der Waals surface area contributed by atoms with Crippen LogP contribution >= 0.6 is 0 Å². The number of sulfonamides is 2. The van der Waals surface area contributed by atoms with Gasteiger partial charge in [-0.3, -0.25) is 9.52 Å². The third-order valence-corrected chi connectivity index (χ3v) is 8.27. The van der Waals surface area contributed by atoms with E-state index in [4.69, 9.17) is 4.74 Å². The van der Waals surface area contributed by atoms with Crippen LogP contribution < -0.4 is 14.8 Å². The Balaban J connectivity index is 1.95. The summed E-state index contributed by atoms with van der Waals surface area (Å²) in [5.41, 5.74) is 0.493. The van der Waals surface area contributed by atoms with Gasteiger partial charge in [0.25, 0.3) is 10.0 Å². The minimum atomic E-state index is -4.06. The molecular formula is C22H29N3O6S2. The third-order valence-electron chi connectivity index (χ3n) is 5.00. The van der Waals surface area contributed by atoms with Crippen LogP contribution in [0.3, 0.4) is 0 Å². The van der Waals surface area contributed by atoms with Gasteiger partial charge in [0.05, 0.1) is 21.6 Å². The second-order valence-corrected chi connectivity index (χ2v) is 11.7. The van der Waals surface area contributed by atoms with Gasteiger partial charge in [0.1, 0.15) is 5.75 Å². The molecule has 3 rings (SSSR count). The third kappa shape index (κ3) is 6.24. The lowest BCUT2D eigenvalue weighted by Crippen LogP contribution is -2.35. The first-order valence-electron chi connectivity index (χ1n) is 10.7. The van der Waals surface area contributed by atoms with Crippen LogP contribution in [0.4, 0.5) is 11.4 Å². The average molecular weight is 496 g/mol. The van der Waals surface area contributed by atoms with Crippen LogP contribution in [0.1, 0.15) is 40.0 Å². The van der Waals surface area contributed by atoms with Crippen molar-refractivity contribution < 1.29 is 26.4 Å². The van der Waals surface area contributed by atoms with Gasteiger partial charge >= 0.3 is 0 Å². The zero-order valence-electron chi connectivity index (χ0n) is 18.9. The lowest BCUT2D eigenvalue weighted by molar-refractivity contribution is -0.114. The normalized spacial score (nSPS) is 15.3. The van der Waals surface area contributed by atoms with Crippen molar-refractivity contribution in [1.29, 1.82) is 0 Å². The van der Waals surface area contributed by atoms with Crippen molar-refractivity contribution in [3.05, 3.63) is 42.5 Å². The van der Waals surface area contributed by atoms with Gasteiger partial charge in [0.15, 0.2) is 0 Å². The molecule has 2 N–H and O–H groups in total. The lowest BCUT2D eigenvalue weighted by atomic mass is 10.2. The van der Waals surface area contributed by atoms with Crippen LogP contribution in [0.15, 0.2) is 52.3 Å². The summed E-state index contributed by atoms with van der Waals surface area (Å²) in [5, 5.41) is 2.57. The molecule has 0 saturated carbocycles. The Morgan fingerprint density at radius 2 is 1.55 bits per heavy atom. The molecule has 1 aliphatic rings. The fourth-order valence-electron chi connectivity index (χ4n) is 3.48. The summed E-state index contributed by atoms with van der Waals surface area (Å²) in [7, 11) is -7.82. The molecule has 2 aromatic rings. The van der Waals surface area contributed by atoms with Gasteiger partial charge in [-0.15, -0.1) is 0 Å². The van der Waals surface area contributed by atoms with E-state index in [1.807, 2.05) is 0 Å². The first-order valence-corrected chi connectivity index (χ1v) is 13.6. The van der Waals surface area contributed by atoms with Crippen LogP contribution in [0, 0.1) is 0 Å². The number of rotatable bonds is 8. The number of hydrogen-bond acceptors (Lipinski definition) is 6. The molecule has 9 nitrogen and oxygen atoms in total. The highest BCUT2D eigenvalue weighted by Crippen LogP contribution is 2.32. The minimum Gasteiger partial charge on any atom is -0.489 e. The van der Waals surface area contributed by atoms with Crippen molar-refractivity contribution in [3.63, 3.8) is 0 Å². The number of nitrogens with one attached hydrogen (secondary N) is 2. The molecule has 1 amide bonds. The lowest BCUT2D eigenvalue weighted by Gasteiger charge is -2.26. The second kappa shape index (κ2) is 10.1. The molecule has 0 unspecified atom stereocenters. The molecule has 0 radical (unpaired) electrons. The van der Waals surface area contributed by atoms with Crippen molar-refractivity contribution in [1.82, 2.24) is 4.31 Å². The van der Waals surface area contributed by atoms with Crippen LogP contribution in [0.5, 0.6) is 5.75 Å². The van der Waals surface area contributed by atoms with E-state index in [-0.39, 0.29) is 33.2 Å². The number of anilines is 2. The SMILES string of the molecule is CC(=O)Nc1ccc(S(=O)(=O)Nc2cc(S(=O)(=O)N3CCCCC3)ccc2OC(C)C)cc1. The Hall–Kier alpha value is -2.63. The number of ether oxygens (including phenoxy) is 1. The zero-order valence-corrected chi connectivity index (χ0v) is 20.5. The zero-order chi connectivity index (χ0) is 24.2. The first-order chi connectivity index (χ1) is 15.5. The number of benzene rings is 2. The maximum absolute atomic E-state index is 13.1. The molecule has 1 heterocycles. The molecule has 2 aromatic carbocycles. The van der Waals surface area contributed by atoms with Crippen molar-refractivity contribution in [2.75, 3.05) is 23.1 Å². The van der Waals surface area contributed by atoms with E-state index in [1.54, 1.807) is 13.8 Å². The number of hydrogen-bond donors (Lipinski definition) is 2. The summed E-state index contributed by atoms with van der Waals surface area (Å²) in [6, 6.07) is 9.84. The number of nitrogens with zero attached hydrogens (tertiary/aromatic N) is 1. The molecule has 0 aromatic heterocycles. The van der Waals surface area contributed by atoms with Gasteiger partial charge in [-0.05, 0) is 69.2 Å². The Morgan fingerprint density at radius 3 is 2.12 bits per heavy atom. The van der Waals surface area contributed by atoms with Crippen molar-refractivity contribution in [2.45, 2.75) is 55.9 Å². The van der Waals surface area contributed by atoms with Crippen LogP contribution in [0.25, 0.3) is 0 Å². The van der Waals surface area contributed by atoms with Gasteiger partial charge in [0.2, 0.25) is 15.9 Å². The quantitative estimate of drug-likeness (QED) is 0.579. The van der Waals surface area contributed by atoms with Gasteiger partial charge in [-0.25, -0.2) is 16.8 Å². The smallest absolute Gasteiger partial charge is 0.262 e. The van der Waals surface area contributed by atoms with E-state index in [0.717, 1.165) is 19.3 Å². The van der Waals surface area contributed by atoms with E-state index in [1.165, 1.54) is 53.7 Å². The summed E-state index contributed by atoms with van der Waals surface area (Å²) >= 11 is 0. The average Bonchev–Trinajstić information content (AvgIpc) is 2.75. The Kier molecular flexibility index (Phi) is 7.65. The number of carbonyl (C=O) groups is 1. The Morgan fingerprint density at radius 1 is 0.939 bits per heavy atom. The first kappa shape index (κ1) is 25.0. The highest BCUT2D eigenvalue weighted by Gasteiger charge is 2.28. The van der Waals surface area contributed by atoms with Crippen molar-refractivity contribution >= 4 is 37.3 Å². The van der Waals surface area contributed by atoms with Gasteiger partial charge < -0.3 is 10.1 Å². The Labute approximate surface area is 195 Å². The molecule has 1 aliphatic heterocycles. The van der Waals surface area contributed by atoms with Crippen LogP contribution in [-0.2, 0) is 24.8 Å². The molecule has 0 atom stereocenters. The predicted molar refractivity (Wildman–Crippen MR) is 126 cm³/mol. The van der Waals surface area contributed by atoms with E-state index < -0.39 is 20.0 Å². The monoisotopic (exact) mass is 495 g/mol. The Bertz CT molecular complexity index is 1200. The fourth-order valence-corrected chi connectivity index (χ4v) is 6.09. The summed E-state index contributed by atoms with van der Waals surface area (Å²) in [6.45, 7) is 5.81. The molecule has 33 heavy (non-hydrogen) atoms. The van der Waals surface area contributed by atoms with E-state index in [2.05, 4.69) is 10.0 Å². The molecule has 0 spiro atoms. The standard InChI is InChI=1S/C22H29N3O6S2/c1-16(2)31-22-12-11-20(33(29,30)25-13-5-4-6-14-25)15-21(22)24-32(27,28)19-9-7-18(8-10-19)23-17(3)26/h7-12,15-16,24H,4-6,13-14H2,1-3H3,(H,23,26). The van der Waals surface area contributed by atoms with Gasteiger partial charge in [-0.1, -0.05) is 6.42 Å². The van der Waals surface area contributed by atoms with Crippen molar-refractivity contribution in [3.8, 4) is 5.75 Å². The fraction of sp³-hybridized carbons (Fsp3) is 0.409. The summed E-state index contributed by atoms with van der Waals surface area (Å²) in [6.07, 6.45) is 2.32. The topological polar surface area (TPSA) is 122 Å². The van der Waals surface area contributed by atoms with Crippen molar-refractivity contribution in [2.24, 2.45) is 0 Å². The predicted octanol–water partition coefficient (Wildman–Crippen LogP) is 3.41. The largest absolute Gasteiger partial charge is 0.489 e. The number of piperidine rings is 1. The number of carbonyl (C=O) groups excluding carboxylic acids is 1. The maximum atomic E-state index is 13.1. The molecule has 180 valence electrons. The molecule has 0 bridgehead atoms. The minimum absolute atomic E-state index is 0.000729. The summed E-state index contributed by atoms with van der Waals surface area (Å²) in [4.78, 5) is 11.1. The molecule has 0 aliphatic carbocycles. The van der Waals surface area contributed by atoms with Crippen LogP contribution in [-0.4, -0.2) is 46.2 Å². The summed E-state index contributed by atoms with van der Waals surface area (Å²) in [5.74, 6) is -0.0491. The molecular weight excluding hydrogens is 466 g/mol. The van der Waals surface area contributed by atoms with Gasteiger partial charge in [-0.2, -0.15) is 4.31 Å². The molecule has 1 saturated heterocycles. The number of amides is 1. The summed E-state index contributed by atoms with van der Waals surface area (Å²) < 4.78 is 61.9.